The van der Waals surface area contributed by atoms with E-state index < -0.39 is 0 Å². The summed E-state index contributed by atoms with van der Waals surface area (Å²) in [6.45, 7) is 8.65. The molecule has 1 aliphatic heterocycles. The van der Waals surface area contributed by atoms with Gasteiger partial charge in [0.05, 0.1) is 22.7 Å². The van der Waals surface area contributed by atoms with E-state index in [4.69, 9.17) is 9.15 Å². The number of anilines is 6. The zero-order valence-corrected chi connectivity index (χ0v) is 29.6. The lowest BCUT2D eigenvalue weighted by Gasteiger charge is -2.36. The lowest BCUT2D eigenvalue weighted by molar-refractivity contribution is 0.477. The van der Waals surface area contributed by atoms with Gasteiger partial charge in [-0.25, -0.2) is 0 Å². The number of furan rings is 1. The van der Waals surface area contributed by atoms with Gasteiger partial charge in [-0.05, 0) is 88.4 Å². The van der Waals surface area contributed by atoms with Crippen molar-refractivity contribution < 1.29 is 9.15 Å². The molecule has 9 aromatic rings. The topological polar surface area (TPSA) is 28.9 Å². The molecular formula is C48H36N2O2. The van der Waals surface area contributed by atoms with Crippen LogP contribution in [-0.4, -0.2) is 0 Å². The maximum absolute atomic E-state index is 6.73. The van der Waals surface area contributed by atoms with Crippen LogP contribution in [0, 0.1) is 27.7 Å². The molecule has 0 bridgehead atoms. The Morgan fingerprint density at radius 1 is 0.423 bits per heavy atom. The van der Waals surface area contributed by atoms with Gasteiger partial charge in [0.1, 0.15) is 11.2 Å². The van der Waals surface area contributed by atoms with Gasteiger partial charge in [-0.3, -0.25) is 0 Å². The van der Waals surface area contributed by atoms with E-state index in [1.54, 1.807) is 0 Å². The van der Waals surface area contributed by atoms with Crippen LogP contribution in [0.4, 0.5) is 34.1 Å². The second kappa shape index (κ2) is 11.5. The van der Waals surface area contributed by atoms with Gasteiger partial charge in [0, 0.05) is 49.8 Å². The summed E-state index contributed by atoms with van der Waals surface area (Å²) in [5, 5.41) is 6.75. The SMILES string of the molecule is Cc1ccc(N(c2ccc(C)cc2)c2c3cc(C)ccc3c(N3c4ccccc4Oc4cc5c(cc43)oc3ccccc35)c3cc(C)ccc23)cc1. The molecular weight excluding hydrogens is 637 g/mol. The van der Waals surface area contributed by atoms with E-state index in [2.05, 4.69) is 165 Å². The zero-order chi connectivity index (χ0) is 35.1. The molecule has 2 heterocycles. The van der Waals surface area contributed by atoms with Crippen LogP contribution < -0.4 is 14.5 Å². The van der Waals surface area contributed by atoms with Crippen molar-refractivity contribution in [3.05, 3.63) is 168 Å². The van der Waals surface area contributed by atoms with Crippen LogP contribution >= 0.6 is 0 Å². The van der Waals surface area contributed by atoms with E-state index in [0.29, 0.717) is 0 Å². The lowest BCUT2D eigenvalue weighted by atomic mass is 9.93. The number of nitrogens with zero attached hydrogens (tertiary/aromatic N) is 2. The molecule has 52 heavy (non-hydrogen) atoms. The summed E-state index contributed by atoms with van der Waals surface area (Å²) < 4.78 is 13.2. The number of ether oxygens (including phenoxy) is 1. The van der Waals surface area contributed by atoms with Crippen molar-refractivity contribution in [1.82, 2.24) is 0 Å². The van der Waals surface area contributed by atoms with Crippen LogP contribution in [0.15, 0.2) is 150 Å². The van der Waals surface area contributed by atoms with Crippen molar-refractivity contribution in [2.75, 3.05) is 9.80 Å². The molecule has 0 aliphatic carbocycles. The fourth-order valence-electron chi connectivity index (χ4n) is 7.90. The third-order valence-corrected chi connectivity index (χ3v) is 10.4. The zero-order valence-electron chi connectivity index (χ0n) is 29.6. The number of fused-ring (bicyclic) bond motifs is 7. The van der Waals surface area contributed by atoms with E-state index in [9.17, 15) is 0 Å². The Balaban J connectivity index is 1.34. The van der Waals surface area contributed by atoms with Crippen LogP contribution in [0.1, 0.15) is 22.3 Å². The van der Waals surface area contributed by atoms with Gasteiger partial charge in [-0.2, -0.15) is 0 Å². The minimum Gasteiger partial charge on any atom is -0.456 e. The Bertz CT molecular complexity index is 2820. The van der Waals surface area contributed by atoms with Crippen molar-refractivity contribution in [3.8, 4) is 11.5 Å². The maximum Gasteiger partial charge on any atom is 0.152 e. The normalized spacial score (nSPS) is 12.3. The summed E-state index contributed by atoms with van der Waals surface area (Å²) in [6, 6.07) is 52.3. The highest BCUT2D eigenvalue weighted by Gasteiger charge is 2.32. The molecule has 0 amide bonds. The smallest absolute Gasteiger partial charge is 0.152 e. The van der Waals surface area contributed by atoms with Crippen molar-refractivity contribution >= 4 is 77.6 Å². The standard InChI is InChI=1S/C48H36N2O2/c1-29-13-19-33(20-14-29)49(34-21-15-30(2)16-22-34)47-36-23-17-32(4)26-40(36)48(37-24-18-31(3)25-39(37)47)50-41-10-6-8-12-44(41)52-46-27-38-35-9-5-7-11-43(35)51-45(38)28-42(46)50/h5-28H,1-4H3. The van der Waals surface area contributed by atoms with Crippen LogP contribution in [0.3, 0.4) is 0 Å². The van der Waals surface area contributed by atoms with Gasteiger partial charge in [-0.15, -0.1) is 0 Å². The number of rotatable bonds is 4. The summed E-state index contributed by atoms with van der Waals surface area (Å²) in [4.78, 5) is 4.83. The Labute approximate surface area is 302 Å². The fraction of sp³-hybridized carbons (Fsp3) is 0.0833. The van der Waals surface area contributed by atoms with Crippen molar-refractivity contribution in [3.63, 3.8) is 0 Å². The molecule has 1 aromatic heterocycles. The first-order valence-electron chi connectivity index (χ1n) is 17.8. The van der Waals surface area contributed by atoms with E-state index in [1.165, 1.54) is 27.6 Å². The third-order valence-electron chi connectivity index (χ3n) is 10.4. The van der Waals surface area contributed by atoms with Gasteiger partial charge >= 0.3 is 0 Å². The number of para-hydroxylation sites is 3. The second-order valence-corrected chi connectivity index (χ2v) is 14.1. The molecule has 0 fully saturated rings. The second-order valence-electron chi connectivity index (χ2n) is 14.1. The minimum absolute atomic E-state index is 0.795. The summed E-state index contributed by atoms with van der Waals surface area (Å²) in [7, 11) is 0. The highest BCUT2D eigenvalue weighted by atomic mass is 16.5. The molecule has 0 spiro atoms. The molecule has 0 unspecified atom stereocenters. The van der Waals surface area contributed by atoms with E-state index in [0.717, 1.165) is 83.7 Å². The first kappa shape index (κ1) is 30.3. The van der Waals surface area contributed by atoms with Crippen LogP contribution in [0.5, 0.6) is 11.5 Å². The Morgan fingerprint density at radius 3 is 1.77 bits per heavy atom. The van der Waals surface area contributed by atoms with Crippen molar-refractivity contribution in [1.29, 1.82) is 0 Å². The average molecular weight is 673 g/mol. The van der Waals surface area contributed by atoms with Gasteiger partial charge in [0.2, 0.25) is 0 Å². The minimum atomic E-state index is 0.795. The summed E-state index contributed by atoms with van der Waals surface area (Å²) in [5.74, 6) is 1.61. The number of hydrogen-bond acceptors (Lipinski definition) is 4. The monoisotopic (exact) mass is 672 g/mol. The number of benzene rings is 8. The molecule has 0 saturated carbocycles. The van der Waals surface area contributed by atoms with E-state index in [-0.39, 0.29) is 0 Å². The van der Waals surface area contributed by atoms with Crippen LogP contribution in [-0.2, 0) is 0 Å². The Kier molecular flexibility index (Phi) is 6.71. The van der Waals surface area contributed by atoms with Crippen LogP contribution in [0.2, 0.25) is 0 Å². The van der Waals surface area contributed by atoms with Gasteiger partial charge in [0.25, 0.3) is 0 Å². The number of aryl methyl sites for hydroxylation is 4. The third kappa shape index (κ3) is 4.68. The molecule has 0 N–H and O–H groups in total. The predicted molar refractivity (Wildman–Crippen MR) is 217 cm³/mol. The summed E-state index contributed by atoms with van der Waals surface area (Å²) in [6.07, 6.45) is 0. The van der Waals surface area contributed by atoms with E-state index >= 15 is 0 Å². The molecule has 0 atom stereocenters. The Hall–Kier alpha value is -6.52. The molecule has 4 nitrogen and oxygen atoms in total. The Morgan fingerprint density at radius 2 is 1.04 bits per heavy atom. The first-order chi connectivity index (χ1) is 25.4. The molecule has 8 aromatic carbocycles. The molecule has 4 heteroatoms. The maximum atomic E-state index is 6.73. The van der Waals surface area contributed by atoms with Crippen molar-refractivity contribution in [2.24, 2.45) is 0 Å². The molecule has 250 valence electrons. The summed E-state index contributed by atoms with van der Waals surface area (Å²) >= 11 is 0. The highest BCUT2D eigenvalue weighted by molar-refractivity contribution is 6.24. The highest BCUT2D eigenvalue weighted by Crippen LogP contribution is 2.57. The average Bonchev–Trinajstić information content (AvgIpc) is 3.52. The molecule has 10 rings (SSSR count). The largest absolute Gasteiger partial charge is 0.456 e. The summed E-state index contributed by atoms with van der Waals surface area (Å²) in [5.41, 5.74) is 13.0. The van der Waals surface area contributed by atoms with Gasteiger partial charge < -0.3 is 19.0 Å². The quantitative estimate of drug-likeness (QED) is 0.174. The van der Waals surface area contributed by atoms with E-state index in [1.807, 2.05) is 18.2 Å². The fourth-order valence-corrected chi connectivity index (χ4v) is 7.90. The molecule has 1 aliphatic rings. The van der Waals surface area contributed by atoms with Gasteiger partial charge in [-0.1, -0.05) is 101 Å². The van der Waals surface area contributed by atoms with Crippen LogP contribution in [0.25, 0.3) is 43.5 Å². The molecule has 0 radical (unpaired) electrons. The predicted octanol–water partition coefficient (Wildman–Crippen LogP) is 14.2. The molecule has 0 saturated heterocycles. The number of hydrogen-bond donors (Lipinski definition) is 0. The van der Waals surface area contributed by atoms with Crippen molar-refractivity contribution in [2.45, 2.75) is 27.7 Å². The van der Waals surface area contributed by atoms with Gasteiger partial charge in [0.15, 0.2) is 11.5 Å². The first-order valence-corrected chi connectivity index (χ1v) is 17.8. The lowest BCUT2D eigenvalue weighted by Crippen LogP contribution is -2.18.